The maximum absolute atomic E-state index is 12.5. The Hall–Kier alpha value is -1.16. The number of para-hydroxylation sites is 1. The Morgan fingerprint density at radius 3 is 3.00 bits per heavy atom. The molecule has 1 saturated heterocycles. The van der Waals surface area contributed by atoms with Crippen LogP contribution in [0.25, 0.3) is 0 Å². The molecule has 1 fully saturated rings. The summed E-state index contributed by atoms with van der Waals surface area (Å²) in [5, 5.41) is 3.79. The molecule has 1 heterocycles. The van der Waals surface area contributed by atoms with E-state index >= 15 is 0 Å². The first-order valence-corrected chi connectivity index (χ1v) is 7.51. The average Bonchev–Trinajstić information content (AvgIpc) is 2.39. The maximum Gasteiger partial charge on any atom is 0.256 e. The van der Waals surface area contributed by atoms with Crippen molar-refractivity contribution in [2.45, 2.75) is 19.1 Å². The number of hydrogen-bond acceptors (Lipinski definition) is 3. The largest absolute Gasteiger partial charge is 0.385 e. The van der Waals surface area contributed by atoms with E-state index in [9.17, 15) is 4.79 Å². The third-order valence-corrected chi connectivity index (χ3v) is 4.19. The SMILES string of the molecule is CCNc1ccccc1C(=O)N1CCSC(C)C1. The van der Waals surface area contributed by atoms with Gasteiger partial charge in [-0.25, -0.2) is 0 Å². The number of nitrogens with one attached hydrogen (secondary N) is 1. The number of nitrogens with zero attached hydrogens (tertiary/aromatic N) is 1. The fourth-order valence-electron chi connectivity index (χ4n) is 2.19. The van der Waals surface area contributed by atoms with Crippen molar-refractivity contribution >= 4 is 23.4 Å². The highest BCUT2D eigenvalue weighted by Crippen LogP contribution is 2.22. The van der Waals surface area contributed by atoms with Crippen LogP contribution in [0.4, 0.5) is 5.69 Å². The first-order chi connectivity index (χ1) is 8.72. The summed E-state index contributed by atoms with van der Waals surface area (Å²) in [5.74, 6) is 1.19. The smallest absolute Gasteiger partial charge is 0.256 e. The number of amides is 1. The molecule has 0 saturated carbocycles. The van der Waals surface area contributed by atoms with Crippen LogP contribution in [0.5, 0.6) is 0 Å². The molecule has 0 radical (unpaired) electrons. The molecule has 0 aromatic heterocycles. The average molecular weight is 264 g/mol. The lowest BCUT2D eigenvalue weighted by atomic mass is 10.1. The Morgan fingerprint density at radius 1 is 1.50 bits per heavy atom. The molecule has 1 atom stereocenters. The van der Waals surface area contributed by atoms with Crippen molar-refractivity contribution in [1.82, 2.24) is 4.90 Å². The molecule has 1 N–H and O–H groups in total. The van der Waals surface area contributed by atoms with Crippen LogP contribution in [0.2, 0.25) is 0 Å². The van der Waals surface area contributed by atoms with Crippen molar-refractivity contribution in [1.29, 1.82) is 0 Å². The Morgan fingerprint density at radius 2 is 2.28 bits per heavy atom. The van der Waals surface area contributed by atoms with Gasteiger partial charge in [0.05, 0.1) is 5.56 Å². The molecule has 1 unspecified atom stereocenters. The third kappa shape index (κ3) is 2.99. The summed E-state index contributed by atoms with van der Waals surface area (Å²) in [4.78, 5) is 14.5. The van der Waals surface area contributed by atoms with Crippen LogP contribution >= 0.6 is 11.8 Å². The molecule has 1 aliphatic rings. The molecule has 1 aromatic carbocycles. The van der Waals surface area contributed by atoms with Gasteiger partial charge in [0.25, 0.3) is 5.91 Å². The lowest BCUT2D eigenvalue weighted by Gasteiger charge is -2.31. The zero-order chi connectivity index (χ0) is 13.0. The van der Waals surface area contributed by atoms with Crippen LogP contribution in [0, 0.1) is 0 Å². The minimum atomic E-state index is 0.152. The molecule has 2 rings (SSSR count). The minimum Gasteiger partial charge on any atom is -0.385 e. The van der Waals surface area contributed by atoms with Gasteiger partial charge in [0.1, 0.15) is 0 Å². The van der Waals surface area contributed by atoms with Gasteiger partial charge in [-0.1, -0.05) is 19.1 Å². The topological polar surface area (TPSA) is 32.3 Å². The van der Waals surface area contributed by atoms with E-state index in [2.05, 4.69) is 12.2 Å². The van der Waals surface area contributed by atoms with Crippen LogP contribution in [0.15, 0.2) is 24.3 Å². The highest BCUT2D eigenvalue weighted by atomic mass is 32.2. The summed E-state index contributed by atoms with van der Waals surface area (Å²) < 4.78 is 0. The van der Waals surface area contributed by atoms with E-state index in [1.807, 2.05) is 47.9 Å². The van der Waals surface area contributed by atoms with Crippen LogP contribution < -0.4 is 5.32 Å². The van der Waals surface area contributed by atoms with Crippen LogP contribution in [-0.4, -0.2) is 41.4 Å². The fourth-order valence-corrected chi connectivity index (χ4v) is 3.20. The Kier molecular flexibility index (Phi) is 4.53. The van der Waals surface area contributed by atoms with Crippen molar-refractivity contribution in [2.75, 3.05) is 30.7 Å². The second kappa shape index (κ2) is 6.14. The first kappa shape index (κ1) is 13.3. The number of hydrogen-bond donors (Lipinski definition) is 1. The van der Waals surface area contributed by atoms with Crippen molar-refractivity contribution in [3.05, 3.63) is 29.8 Å². The quantitative estimate of drug-likeness (QED) is 0.911. The van der Waals surface area contributed by atoms with Crippen molar-refractivity contribution < 1.29 is 4.79 Å². The number of thioether (sulfide) groups is 1. The third-order valence-electron chi connectivity index (χ3n) is 3.05. The summed E-state index contributed by atoms with van der Waals surface area (Å²) in [5.41, 5.74) is 1.73. The Bertz CT molecular complexity index is 422. The van der Waals surface area contributed by atoms with E-state index in [1.54, 1.807) is 0 Å². The van der Waals surface area contributed by atoms with Gasteiger partial charge in [0.2, 0.25) is 0 Å². The van der Waals surface area contributed by atoms with Crippen molar-refractivity contribution in [2.24, 2.45) is 0 Å². The molecular formula is C14H20N2OS. The molecule has 0 bridgehead atoms. The number of anilines is 1. The number of rotatable bonds is 3. The Labute approximate surface area is 113 Å². The normalized spacial score (nSPS) is 19.7. The van der Waals surface area contributed by atoms with E-state index in [1.165, 1.54) is 0 Å². The van der Waals surface area contributed by atoms with Gasteiger partial charge >= 0.3 is 0 Å². The molecule has 18 heavy (non-hydrogen) atoms. The molecule has 3 nitrogen and oxygen atoms in total. The summed E-state index contributed by atoms with van der Waals surface area (Å²) in [6.45, 7) is 6.76. The molecule has 1 amide bonds. The van der Waals surface area contributed by atoms with Gasteiger partial charge in [-0.3, -0.25) is 4.79 Å². The maximum atomic E-state index is 12.5. The molecule has 1 aliphatic heterocycles. The predicted octanol–water partition coefficient (Wildman–Crippen LogP) is 2.70. The van der Waals surface area contributed by atoms with E-state index in [4.69, 9.17) is 0 Å². The van der Waals surface area contributed by atoms with Gasteiger partial charge in [0.15, 0.2) is 0 Å². The second-order valence-electron chi connectivity index (χ2n) is 4.51. The molecule has 0 spiro atoms. The lowest BCUT2D eigenvalue weighted by molar-refractivity contribution is 0.0764. The molecule has 4 heteroatoms. The van der Waals surface area contributed by atoms with Gasteiger partial charge in [-0.15, -0.1) is 0 Å². The lowest BCUT2D eigenvalue weighted by Crippen LogP contribution is -2.41. The molecule has 98 valence electrons. The molecular weight excluding hydrogens is 244 g/mol. The van der Waals surface area contributed by atoms with Crippen LogP contribution in [0.1, 0.15) is 24.2 Å². The van der Waals surface area contributed by atoms with Crippen molar-refractivity contribution in [3.63, 3.8) is 0 Å². The van der Waals surface area contributed by atoms with E-state index < -0.39 is 0 Å². The number of benzene rings is 1. The fraction of sp³-hybridized carbons (Fsp3) is 0.500. The summed E-state index contributed by atoms with van der Waals surface area (Å²) in [6, 6.07) is 7.77. The van der Waals surface area contributed by atoms with E-state index in [-0.39, 0.29) is 5.91 Å². The zero-order valence-electron chi connectivity index (χ0n) is 11.0. The predicted molar refractivity (Wildman–Crippen MR) is 78.4 cm³/mol. The van der Waals surface area contributed by atoms with E-state index in [0.29, 0.717) is 5.25 Å². The minimum absolute atomic E-state index is 0.152. The van der Waals surface area contributed by atoms with Crippen LogP contribution in [-0.2, 0) is 0 Å². The highest BCUT2D eigenvalue weighted by Gasteiger charge is 2.23. The monoisotopic (exact) mass is 264 g/mol. The molecule has 1 aromatic rings. The number of carbonyl (C=O) groups is 1. The summed E-state index contributed by atoms with van der Waals surface area (Å²) in [6.07, 6.45) is 0. The number of carbonyl (C=O) groups excluding carboxylic acids is 1. The second-order valence-corrected chi connectivity index (χ2v) is 6.05. The first-order valence-electron chi connectivity index (χ1n) is 6.46. The van der Waals surface area contributed by atoms with Gasteiger partial charge in [0, 0.05) is 36.3 Å². The summed E-state index contributed by atoms with van der Waals surface area (Å²) >= 11 is 1.94. The highest BCUT2D eigenvalue weighted by molar-refractivity contribution is 7.99. The summed E-state index contributed by atoms with van der Waals surface area (Å²) in [7, 11) is 0. The standard InChI is InChI=1S/C14H20N2OS/c1-3-15-13-7-5-4-6-12(13)14(17)16-8-9-18-11(2)10-16/h4-7,11,15H,3,8-10H2,1-2H3. The van der Waals surface area contributed by atoms with Gasteiger partial charge < -0.3 is 10.2 Å². The van der Waals surface area contributed by atoms with E-state index in [0.717, 1.165) is 36.6 Å². The van der Waals surface area contributed by atoms with Crippen LogP contribution in [0.3, 0.4) is 0 Å². The Balaban J connectivity index is 2.17. The van der Waals surface area contributed by atoms with Gasteiger partial charge in [-0.2, -0.15) is 11.8 Å². The van der Waals surface area contributed by atoms with Gasteiger partial charge in [-0.05, 0) is 19.1 Å². The molecule has 0 aliphatic carbocycles. The van der Waals surface area contributed by atoms with Crippen molar-refractivity contribution in [3.8, 4) is 0 Å². The zero-order valence-corrected chi connectivity index (χ0v) is 11.8.